The van der Waals surface area contributed by atoms with Crippen molar-refractivity contribution in [3.63, 3.8) is 0 Å². The van der Waals surface area contributed by atoms with Crippen LogP contribution in [0.3, 0.4) is 0 Å². The average molecular weight is 1220 g/mol. The van der Waals surface area contributed by atoms with E-state index >= 15 is 0 Å². The van der Waals surface area contributed by atoms with E-state index in [2.05, 4.69) is 37.2 Å². The second kappa shape index (κ2) is 32.2. The molecule has 26 heteroatoms. The molecule has 458 valence electrons. The van der Waals surface area contributed by atoms with Crippen molar-refractivity contribution in [1.29, 1.82) is 0 Å². The Hall–Kier alpha value is -6.00. The third-order valence-electron chi connectivity index (χ3n) is 15.3. The molecule has 25 nitrogen and oxygen atoms in total. The molecular formula is C56H84BrN7O18. The maximum absolute atomic E-state index is 14.6. The van der Waals surface area contributed by atoms with E-state index in [-0.39, 0.29) is 65.4 Å². The first-order valence-electron chi connectivity index (χ1n) is 27.4. The molecule has 0 aliphatic carbocycles. The number of nitrogens with zero attached hydrogens (tertiary/aromatic N) is 3. The average Bonchev–Trinajstić information content (AvgIpc) is 4.03. The summed E-state index contributed by atoms with van der Waals surface area (Å²) in [6, 6.07) is 9.02. The fourth-order valence-corrected chi connectivity index (χ4v) is 10.2. The number of carbonyl (C=O) groups excluding carboxylic acids is 7. The minimum absolute atomic E-state index is 0.00116. The smallest absolute Gasteiger partial charge is 0.410 e. The predicted molar refractivity (Wildman–Crippen MR) is 301 cm³/mol. The maximum atomic E-state index is 14.6. The maximum Gasteiger partial charge on any atom is 0.410 e. The molecule has 82 heavy (non-hydrogen) atoms. The molecule has 2 heterocycles. The summed E-state index contributed by atoms with van der Waals surface area (Å²) >= 11 is 3.02. The number of halogens is 1. The molecule has 0 radical (unpaired) electrons. The number of aliphatic carboxylic acids is 1. The number of benzene rings is 2. The van der Waals surface area contributed by atoms with E-state index in [9.17, 15) is 63.9 Å². The molecule has 2 saturated heterocycles. The lowest BCUT2D eigenvalue weighted by atomic mass is 9.89. The number of likely N-dealkylation sites (N-methyl/N-ethyl adjacent to an activating group) is 2. The van der Waals surface area contributed by atoms with Crippen LogP contribution >= 0.6 is 15.9 Å². The van der Waals surface area contributed by atoms with E-state index in [4.69, 9.17) is 23.7 Å². The summed E-state index contributed by atoms with van der Waals surface area (Å²) in [5, 5.41) is 62.4. The van der Waals surface area contributed by atoms with Crippen LogP contribution in [-0.2, 0) is 59.1 Å². The van der Waals surface area contributed by atoms with Crippen molar-refractivity contribution in [1.82, 2.24) is 30.7 Å². The number of methoxy groups -OCH3 is 2. The van der Waals surface area contributed by atoms with Gasteiger partial charge in [0.25, 0.3) is 0 Å². The molecule has 0 aromatic heterocycles. The van der Waals surface area contributed by atoms with Gasteiger partial charge in [-0.05, 0) is 61.8 Å². The SMILES string of the molecule is CC[C@H](C)[C@@H]([C@@H](CC(=O)N1CCC[C@H]1[C@H](OC)[C@@H](C)C(=O)N[C@H](C)[C@@H](O)c1ccccc1)OC)N(C)C(=O)[C@@H](NC(=O)[C@H](C)N(C)C(=O)OCc1ccc(O[C@@H]2O[C@H](C(=O)O)[C@@H](O)[C@H](O)[C@H]2O)c(NC(=O)CCNC(=O)CBr)c1)C(C)C. The molecule has 4 rings (SSSR count). The molecule has 15 atom stereocenters. The minimum Gasteiger partial charge on any atom is -0.479 e. The standard InChI is InChI=1S/C56H84BrN7O18/c1-12-30(4)44(39(78-10)26-42(67)64-24-16-19-37(64)49(79-11)31(5)51(72)59-32(6)45(68)35-17-14-13-15-18-35)63(9)53(74)43(29(2)3)61-52(73)33(7)62(8)56(77)80-28-34-20-21-38(36(25-34)60-40(65)22-23-58-41(66)27-57)81-55-48(71)46(69)47(70)50(82-55)54(75)76/h13-15,17-18,20-21,25,29-33,37,39,43-50,55,68-71H,12,16,19,22-24,26-28H2,1-11H3,(H,58,66)(H,59,72)(H,60,65)(H,61,73)(H,75,76)/t30-,31+,32+,33-,37-,39+,43-,44-,45+,46-,47-,48+,49+,50-,55+/m0/s1. The van der Waals surface area contributed by atoms with Crippen LogP contribution in [0.15, 0.2) is 48.5 Å². The van der Waals surface area contributed by atoms with Crippen molar-refractivity contribution >= 4 is 69.1 Å². The number of alkyl halides is 1. The van der Waals surface area contributed by atoms with Crippen LogP contribution in [0.2, 0.25) is 0 Å². The van der Waals surface area contributed by atoms with Crippen LogP contribution in [0.1, 0.15) is 97.8 Å². The number of amides is 7. The number of anilines is 1. The van der Waals surface area contributed by atoms with Crippen LogP contribution in [0.25, 0.3) is 0 Å². The third kappa shape index (κ3) is 18.0. The first kappa shape index (κ1) is 68.5. The molecule has 9 N–H and O–H groups in total. The summed E-state index contributed by atoms with van der Waals surface area (Å²) in [5.74, 6) is -5.95. The molecule has 0 bridgehead atoms. The first-order chi connectivity index (χ1) is 38.7. The van der Waals surface area contributed by atoms with Crippen LogP contribution in [-0.4, -0.2) is 208 Å². The highest BCUT2D eigenvalue weighted by atomic mass is 79.9. The van der Waals surface area contributed by atoms with E-state index in [0.717, 1.165) is 4.90 Å². The third-order valence-corrected chi connectivity index (χ3v) is 15.8. The number of rotatable bonds is 29. The summed E-state index contributed by atoms with van der Waals surface area (Å²) in [6.45, 7) is 12.2. The van der Waals surface area contributed by atoms with Crippen molar-refractivity contribution in [2.24, 2.45) is 17.8 Å². The highest BCUT2D eigenvalue weighted by Crippen LogP contribution is 2.33. The summed E-state index contributed by atoms with van der Waals surface area (Å²) in [5.41, 5.74) is 0.837. The number of carboxylic acid groups (broad SMARTS) is 1. The van der Waals surface area contributed by atoms with E-state index in [1.165, 1.54) is 51.3 Å². The van der Waals surface area contributed by atoms with Crippen molar-refractivity contribution in [2.45, 2.75) is 166 Å². The molecule has 2 fully saturated rings. The number of carboxylic acids is 1. The van der Waals surface area contributed by atoms with Crippen LogP contribution in [0.4, 0.5) is 10.5 Å². The van der Waals surface area contributed by atoms with Gasteiger partial charge >= 0.3 is 12.1 Å². The highest BCUT2D eigenvalue weighted by Gasteiger charge is 2.49. The first-order valence-corrected chi connectivity index (χ1v) is 28.5. The predicted octanol–water partition coefficient (Wildman–Crippen LogP) is 2.05. The van der Waals surface area contributed by atoms with Gasteiger partial charge in [0.2, 0.25) is 41.7 Å². The van der Waals surface area contributed by atoms with Gasteiger partial charge in [0.05, 0.1) is 59.8 Å². The van der Waals surface area contributed by atoms with Crippen LogP contribution < -0.4 is 26.0 Å². The van der Waals surface area contributed by atoms with Crippen LogP contribution in [0.5, 0.6) is 5.75 Å². The number of aliphatic hydroxyl groups excluding tert-OH is 4. The Kier molecular flexibility index (Phi) is 26.9. The normalized spacial score (nSPS) is 22.2. The number of ether oxygens (including phenoxy) is 5. The summed E-state index contributed by atoms with van der Waals surface area (Å²) in [6.07, 6.45) is -11.6. The monoisotopic (exact) mass is 1220 g/mol. The molecule has 0 saturated carbocycles. The van der Waals surface area contributed by atoms with Crippen molar-refractivity contribution in [3.8, 4) is 5.75 Å². The topological polar surface area (TPSA) is 342 Å². The van der Waals surface area contributed by atoms with E-state index < -0.39 is 127 Å². The van der Waals surface area contributed by atoms with Gasteiger partial charge in [0, 0.05) is 47.8 Å². The summed E-state index contributed by atoms with van der Waals surface area (Å²) in [4.78, 5) is 111. The highest BCUT2D eigenvalue weighted by molar-refractivity contribution is 9.09. The minimum atomic E-state index is -2.00. The molecule has 0 unspecified atom stereocenters. The zero-order chi connectivity index (χ0) is 61.3. The number of hydrogen-bond donors (Lipinski definition) is 9. The molecule has 0 spiro atoms. The fraction of sp³-hybridized carbons (Fsp3) is 0.643. The molecule has 2 aliphatic heterocycles. The molecule has 2 aliphatic rings. The summed E-state index contributed by atoms with van der Waals surface area (Å²) in [7, 11) is 5.89. The van der Waals surface area contributed by atoms with Crippen molar-refractivity contribution < 1.29 is 87.6 Å². The lowest BCUT2D eigenvalue weighted by Gasteiger charge is -2.41. The number of aliphatic hydroxyl groups is 4. The van der Waals surface area contributed by atoms with Crippen molar-refractivity contribution in [3.05, 3.63) is 59.7 Å². The Bertz CT molecular complexity index is 2480. The van der Waals surface area contributed by atoms with E-state index in [0.29, 0.717) is 31.4 Å². The van der Waals surface area contributed by atoms with E-state index in [1.54, 1.807) is 63.9 Å². The Labute approximate surface area is 487 Å². The second-order valence-electron chi connectivity index (χ2n) is 21.3. The number of carbonyl (C=O) groups is 8. The van der Waals surface area contributed by atoms with Gasteiger partial charge in [-0.3, -0.25) is 33.7 Å². The van der Waals surface area contributed by atoms with Crippen molar-refractivity contribution in [2.75, 3.05) is 52.1 Å². The van der Waals surface area contributed by atoms with Gasteiger partial charge in [-0.1, -0.05) is 93.4 Å². The van der Waals surface area contributed by atoms with Gasteiger partial charge in [-0.15, -0.1) is 0 Å². The van der Waals surface area contributed by atoms with Gasteiger partial charge in [-0.2, -0.15) is 0 Å². The largest absolute Gasteiger partial charge is 0.479 e. The second-order valence-corrected chi connectivity index (χ2v) is 21.8. The Morgan fingerprint density at radius 2 is 1.52 bits per heavy atom. The quantitative estimate of drug-likeness (QED) is 0.0526. The van der Waals surface area contributed by atoms with Crippen LogP contribution in [0, 0.1) is 17.8 Å². The van der Waals surface area contributed by atoms with Gasteiger partial charge < -0.3 is 80.3 Å². The fourth-order valence-electron chi connectivity index (χ4n) is 9.98. The summed E-state index contributed by atoms with van der Waals surface area (Å²) < 4.78 is 28.5. The van der Waals surface area contributed by atoms with Gasteiger partial charge in [0.1, 0.15) is 42.8 Å². The molecule has 7 amide bonds. The molecule has 2 aromatic carbocycles. The van der Waals surface area contributed by atoms with Gasteiger partial charge in [-0.25, -0.2) is 9.59 Å². The molecule has 2 aromatic rings. The Morgan fingerprint density at radius 3 is 2.12 bits per heavy atom. The lowest BCUT2D eigenvalue weighted by Crippen LogP contribution is -2.61. The Morgan fingerprint density at radius 1 is 0.854 bits per heavy atom. The number of likely N-dealkylation sites (tertiary alicyclic amines) is 1. The molecular weight excluding hydrogens is 1140 g/mol. The lowest BCUT2D eigenvalue weighted by molar-refractivity contribution is -0.271. The van der Waals surface area contributed by atoms with E-state index in [1.807, 2.05) is 19.9 Å². The van der Waals surface area contributed by atoms with Gasteiger partial charge in [0.15, 0.2) is 6.10 Å². The Balaban J connectivity index is 1.44. The number of nitrogens with one attached hydrogen (secondary N) is 4. The zero-order valence-electron chi connectivity index (χ0n) is 48.5. The number of hydrogen-bond acceptors (Lipinski definition) is 17. The zero-order valence-corrected chi connectivity index (χ0v) is 50.1.